The van der Waals surface area contributed by atoms with E-state index in [0.717, 1.165) is 11.3 Å². The third kappa shape index (κ3) is 3.93. The van der Waals surface area contributed by atoms with Crippen LogP contribution in [0.4, 0.5) is 11.4 Å². The zero-order chi connectivity index (χ0) is 19.7. The summed E-state index contributed by atoms with van der Waals surface area (Å²) in [6.07, 6.45) is 0.482. The molecule has 0 aromatic heterocycles. The first-order chi connectivity index (χ1) is 13.5. The highest BCUT2D eigenvalue weighted by Crippen LogP contribution is 2.37. The first kappa shape index (κ1) is 19.0. The van der Waals surface area contributed by atoms with Gasteiger partial charge in [0.05, 0.1) is 11.7 Å². The van der Waals surface area contributed by atoms with Gasteiger partial charge in [-0.1, -0.05) is 53.0 Å². The molecule has 0 radical (unpaired) electrons. The van der Waals surface area contributed by atoms with Crippen LogP contribution in [-0.4, -0.2) is 11.6 Å². The van der Waals surface area contributed by atoms with E-state index in [0.29, 0.717) is 32.9 Å². The van der Waals surface area contributed by atoms with E-state index in [9.17, 15) is 4.79 Å². The summed E-state index contributed by atoms with van der Waals surface area (Å²) in [4.78, 5) is 19.6. The van der Waals surface area contributed by atoms with Crippen LogP contribution in [0.5, 0.6) is 0 Å². The quantitative estimate of drug-likeness (QED) is 0.446. The number of hydrogen-bond acceptors (Lipinski definition) is 2. The molecule has 1 aliphatic rings. The first-order valence-electron chi connectivity index (χ1n) is 8.69. The van der Waals surface area contributed by atoms with Crippen LogP contribution in [0.3, 0.4) is 0 Å². The minimum absolute atomic E-state index is 0.137. The van der Waals surface area contributed by atoms with Crippen molar-refractivity contribution in [3.05, 3.63) is 93.4 Å². The van der Waals surface area contributed by atoms with Gasteiger partial charge in [0.2, 0.25) is 0 Å². The Kier molecular flexibility index (Phi) is 5.40. The molecule has 0 aliphatic carbocycles. The molecule has 3 aromatic carbocycles. The molecule has 1 amide bonds. The van der Waals surface area contributed by atoms with Gasteiger partial charge in [-0.3, -0.25) is 9.69 Å². The van der Waals surface area contributed by atoms with Crippen molar-refractivity contribution < 1.29 is 4.79 Å². The lowest BCUT2D eigenvalue weighted by atomic mass is 10.0. The Morgan fingerprint density at radius 3 is 2.11 bits per heavy atom. The molecule has 3 aromatic rings. The van der Waals surface area contributed by atoms with Crippen molar-refractivity contribution in [3.8, 4) is 0 Å². The average molecular weight is 430 g/mol. The number of rotatable bonds is 3. The third-order valence-corrected chi connectivity index (χ3v) is 5.33. The lowest BCUT2D eigenvalue weighted by molar-refractivity contribution is -0.112. The Hall–Kier alpha value is -2.33. The number of anilines is 1. The average Bonchev–Trinajstić information content (AvgIpc) is 2.99. The number of amides is 1. The summed E-state index contributed by atoms with van der Waals surface area (Å²) >= 11 is 18.1. The van der Waals surface area contributed by atoms with Crippen LogP contribution in [-0.2, 0) is 4.79 Å². The van der Waals surface area contributed by atoms with Gasteiger partial charge in [-0.05, 0) is 60.2 Å². The zero-order valence-corrected chi connectivity index (χ0v) is 16.9. The maximum absolute atomic E-state index is 13.2. The lowest BCUT2D eigenvalue weighted by Crippen LogP contribution is -2.29. The van der Waals surface area contributed by atoms with Gasteiger partial charge in [-0.2, -0.15) is 0 Å². The molecule has 0 saturated carbocycles. The molecule has 140 valence electrons. The van der Waals surface area contributed by atoms with Gasteiger partial charge in [0.15, 0.2) is 0 Å². The first-order valence-corrected chi connectivity index (χ1v) is 9.82. The molecule has 1 aliphatic heterocycles. The van der Waals surface area contributed by atoms with Crippen LogP contribution in [0.2, 0.25) is 15.1 Å². The molecule has 1 atom stereocenters. The van der Waals surface area contributed by atoms with Crippen LogP contribution >= 0.6 is 34.8 Å². The smallest absolute Gasteiger partial charge is 0.273 e. The molecule has 0 bridgehead atoms. The molecule has 1 saturated heterocycles. The Morgan fingerprint density at radius 1 is 0.821 bits per heavy atom. The fraction of sp³-hybridized carbons (Fsp3) is 0.0909. The number of nitrogens with zero attached hydrogens (tertiary/aromatic N) is 2. The third-order valence-electron chi connectivity index (χ3n) is 4.60. The van der Waals surface area contributed by atoms with Gasteiger partial charge in [0.1, 0.15) is 5.71 Å². The van der Waals surface area contributed by atoms with Crippen molar-refractivity contribution in [2.75, 3.05) is 4.90 Å². The monoisotopic (exact) mass is 428 g/mol. The zero-order valence-electron chi connectivity index (χ0n) is 14.6. The van der Waals surface area contributed by atoms with E-state index in [1.165, 1.54) is 0 Å². The largest absolute Gasteiger partial charge is 0.299 e. The molecule has 4 rings (SSSR count). The molecular weight excluding hydrogens is 415 g/mol. The van der Waals surface area contributed by atoms with Crippen LogP contribution < -0.4 is 4.90 Å². The van der Waals surface area contributed by atoms with Gasteiger partial charge >= 0.3 is 0 Å². The summed E-state index contributed by atoms with van der Waals surface area (Å²) in [5, 5.41) is 1.85. The summed E-state index contributed by atoms with van der Waals surface area (Å²) in [5.74, 6) is -0.137. The van der Waals surface area contributed by atoms with Crippen LogP contribution in [0, 0.1) is 0 Å². The van der Waals surface area contributed by atoms with Crippen LogP contribution in [0.25, 0.3) is 0 Å². The SMILES string of the molecule is O=C1C(=Nc2cccc(Cl)c2)CC(c2ccc(Cl)cc2)N1c1ccc(Cl)cc1. The highest BCUT2D eigenvalue weighted by molar-refractivity contribution is 6.46. The minimum atomic E-state index is -0.177. The van der Waals surface area contributed by atoms with Crippen molar-refractivity contribution in [2.24, 2.45) is 4.99 Å². The van der Waals surface area contributed by atoms with E-state index in [-0.39, 0.29) is 11.9 Å². The predicted molar refractivity (Wildman–Crippen MR) is 116 cm³/mol. The minimum Gasteiger partial charge on any atom is -0.299 e. The summed E-state index contributed by atoms with van der Waals surface area (Å²) in [7, 11) is 0. The van der Waals surface area contributed by atoms with Crippen LogP contribution in [0.15, 0.2) is 77.8 Å². The van der Waals surface area contributed by atoms with Crippen molar-refractivity contribution in [1.29, 1.82) is 0 Å². The number of aliphatic imine (C=N–C) groups is 1. The van der Waals surface area contributed by atoms with Gasteiger partial charge < -0.3 is 0 Å². The molecule has 3 nitrogen and oxygen atoms in total. The molecule has 1 heterocycles. The Balaban J connectivity index is 1.77. The molecule has 0 N–H and O–H groups in total. The number of carbonyl (C=O) groups excluding carboxylic acids is 1. The number of hydrogen-bond donors (Lipinski definition) is 0. The van der Waals surface area contributed by atoms with Gasteiger partial charge in [-0.15, -0.1) is 0 Å². The predicted octanol–water partition coefficient (Wildman–Crippen LogP) is 6.90. The number of carbonyl (C=O) groups is 1. The molecule has 1 unspecified atom stereocenters. The second-order valence-corrected chi connectivity index (χ2v) is 7.77. The molecule has 1 fully saturated rings. The maximum atomic E-state index is 13.2. The highest BCUT2D eigenvalue weighted by Gasteiger charge is 2.38. The van der Waals surface area contributed by atoms with E-state index in [1.807, 2.05) is 48.5 Å². The van der Waals surface area contributed by atoms with Gasteiger partial charge in [0, 0.05) is 27.2 Å². The summed E-state index contributed by atoms with van der Waals surface area (Å²) in [6, 6.07) is 21.7. The van der Waals surface area contributed by atoms with E-state index >= 15 is 0 Å². The van der Waals surface area contributed by atoms with Crippen molar-refractivity contribution in [2.45, 2.75) is 12.5 Å². The topological polar surface area (TPSA) is 32.7 Å². The molecular formula is C22H15Cl3N2O. The van der Waals surface area contributed by atoms with E-state index < -0.39 is 0 Å². The number of halogens is 3. The normalized spacial score (nSPS) is 18.1. The summed E-state index contributed by atoms with van der Waals surface area (Å²) in [5.41, 5.74) is 2.90. The van der Waals surface area contributed by atoms with E-state index in [4.69, 9.17) is 34.8 Å². The Bertz CT molecular complexity index is 1050. The second-order valence-electron chi connectivity index (χ2n) is 6.46. The molecule has 28 heavy (non-hydrogen) atoms. The van der Waals surface area contributed by atoms with Crippen molar-refractivity contribution >= 4 is 57.8 Å². The van der Waals surface area contributed by atoms with E-state index in [2.05, 4.69) is 4.99 Å². The highest BCUT2D eigenvalue weighted by atomic mass is 35.5. The second kappa shape index (κ2) is 7.96. The fourth-order valence-corrected chi connectivity index (χ4v) is 3.72. The van der Waals surface area contributed by atoms with Gasteiger partial charge in [0.25, 0.3) is 5.91 Å². The number of benzene rings is 3. The Morgan fingerprint density at radius 2 is 1.46 bits per heavy atom. The van der Waals surface area contributed by atoms with Crippen LogP contribution in [0.1, 0.15) is 18.0 Å². The van der Waals surface area contributed by atoms with Crippen molar-refractivity contribution in [3.63, 3.8) is 0 Å². The standard InChI is InChI=1S/C22H15Cl3N2O/c23-15-6-4-14(5-7-15)21-13-20(26-18-3-1-2-17(25)12-18)22(28)27(21)19-10-8-16(24)9-11-19/h1-12,21H,13H2. The van der Waals surface area contributed by atoms with E-state index in [1.54, 1.807) is 29.2 Å². The maximum Gasteiger partial charge on any atom is 0.273 e. The fourth-order valence-electron chi connectivity index (χ4n) is 3.29. The van der Waals surface area contributed by atoms with Gasteiger partial charge in [-0.25, -0.2) is 4.99 Å². The molecule has 6 heteroatoms. The Labute approximate surface area is 178 Å². The van der Waals surface area contributed by atoms with Crippen molar-refractivity contribution in [1.82, 2.24) is 0 Å². The summed E-state index contributed by atoms with van der Waals surface area (Å²) in [6.45, 7) is 0. The molecule has 0 spiro atoms. The summed E-state index contributed by atoms with van der Waals surface area (Å²) < 4.78 is 0. The lowest BCUT2D eigenvalue weighted by Gasteiger charge is -2.24.